The number of carbonyl (C=O) groups excluding carboxylic acids is 1. The van der Waals surface area contributed by atoms with Gasteiger partial charge in [0.05, 0.1) is 11.3 Å². The smallest absolute Gasteiger partial charge is 0.256 e. The normalized spacial score (nSPS) is 16.1. The highest BCUT2D eigenvalue weighted by Crippen LogP contribution is 2.32. The molecule has 0 saturated carbocycles. The van der Waals surface area contributed by atoms with Gasteiger partial charge in [-0.15, -0.1) is 0 Å². The molecule has 1 aromatic carbocycles. The quantitative estimate of drug-likeness (QED) is 0.753. The topological polar surface area (TPSA) is 46.9 Å². The van der Waals surface area contributed by atoms with Gasteiger partial charge in [0, 0.05) is 24.5 Å². The van der Waals surface area contributed by atoms with Crippen molar-refractivity contribution in [2.45, 2.75) is 0 Å². The van der Waals surface area contributed by atoms with Crippen molar-refractivity contribution in [3.8, 4) is 0 Å². The van der Waals surface area contributed by atoms with Crippen LogP contribution in [0.4, 0.5) is 5.69 Å². The fourth-order valence-corrected chi connectivity index (χ4v) is 1.96. The zero-order chi connectivity index (χ0) is 11.8. The number of fused-ring (bicyclic) bond motifs is 1. The molecular formula is C13H11N3O. The van der Waals surface area contributed by atoms with Crippen LogP contribution in [-0.2, 0) is 11.8 Å². The zero-order valence-corrected chi connectivity index (χ0v) is 9.34. The number of aryl methyl sites for hydroxylation is 1. The lowest BCUT2D eigenvalue weighted by Crippen LogP contribution is -2.04. The van der Waals surface area contributed by atoms with E-state index in [4.69, 9.17) is 0 Å². The van der Waals surface area contributed by atoms with Crippen LogP contribution in [0.5, 0.6) is 0 Å². The van der Waals surface area contributed by atoms with E-state index >= 15 is 0 Å². The van der Waals surface area contributed by atoms with Crippen molar-refractivity contribution in [2.24, 2.45) is 7.05 Å². The van der Waals surface area contributed by atoms with Crippen LogP contribution in [0.2, 0.25) is 0 Å². The molecule has 17 heavy (non-hydrogen) atoms. The van der Waals surface area contributed by atoms with Crippen molar-refractivity contribution in [3.05, 3.63) is 47.8 Å². The summed E-state index contributed by atoms with van der Waals surface area (Å²) in [6, 6.07) is 9.55. The van der Waals surface area contributed by atoms with Crippen molar-refractivity contribution in [2.75, 3.05) is 5.32 Å². The number of carbonyl (C=O) groups is 1. The summed E-state index contributed by atoms with van der Waals surface area (Å²) in [6.45, 7) is 0. The van der Waals surface area contributed by atoms with Crippen molar-refractivity contribution in [3.63, 3.8) is 0 Å². The maximum absolute atomic E-state index is 11.9. The Morgan fingerprint density at radius 3 is 2.88 bits per heavy atom. The maximum atomic E-state index is 11.9. The van der Waals surface area contributed by atoms with Crippen LogP contribution in [-0.4, -0.2) is 15.7 Å². The predicted molar refractivity (Wildman–Crippen MR) is 66.2 cm³/mol. The summed E-state index contributed by atoms with van der Waals surface area (Å²) in [6.07, 6.45) is 3.57. The summed E-state index contributed by atoms with van der Waals surface area (Å²) in [5, 5.41) is 6.92. The number of aromatic nitrogens is 2. The van der Waals surface area contributed by atoms with E-state index in [-0.39, 0.29) is 5.91 Å². The van der Waals surface area contributed by atoms with Gasteiger partial charge in [-0.3, -0.25) is 9.48 Å². The third-order valence-electron chi connectivity index (χ3n) is 2.86. The number of hydrogen-bond acceptors (Lipinski definition) is 2. The molecule has 0 aliphatic carbocycles. The molecule has 1 aliphatic rings. The summed E-state index contributed by atoms with van der Waals surface area (Å²) in [7, 11) is 1.85. The SMILES string of the molecule is Cn1nccc1/C=C1\C(=O)Nc2ccccc21. The first-order valence-electron chi connectivity index (χ1n) is 5.36. The van der Waals surface area contributed by atoms with Crippen LogP contribution in [0.15, 0.2) is 36.5 Å². The number of amides is 1. The Hall–Kier alpha value is -2.36. The van der Waals surface area contributed by atoms with E-state index < -0.39 is 0 Å². The second-order valence-corrected chi connectivity index (χ2v) is 3.94. The van der Waals surface area contributed by atoms with E-state index in [2.05, 4.69) is 10.4 Å². The molecule has 1 N–H and O–H groups in total. The molecule has 0 bridgehead atoms. The molecule has 2 heterocycles. The van der Waals surface area contributed by atoms with Crippen molar-refractivity contribution >= 4 is 23.2 Å². The van der Waals surface area contributed by atoms with Gasteiger partial charge in [-0.1, -0.05) is 18.2 Å². The number of anilines is 1. The summed E-state index contributed by atoms with van der Waals surface area (Å²) in [5.74, 6) is -0.0626. The van der Waals surface area contributed by atoms with Crippen molar-refractivity contribution in [1.29, 1.82) is 0 Å². The lowest BCUT2D eigenvalue weighted by molar-refractivity contribution is -0.110. The van der Waals surface area contributed by atoms with E-state index in [1.807, 2.05) is 43.5 Å². The first kappa shape index (κ1) is 9.84. The fraction of sp³-hybridized carbons (Fsp3) is 0.0769. The molecule has 0 spiro atoms. The Labute approximate surface area is 98.6 Å². The van der Waals surface area contributed by atoms with Crippen LogP contribution in [0, 0.1) is 0 Å². The molecule has 2 aromatic rings. The second-order valence-electron chi connectivity index (χ2n) is 3.94. The van der Waals surface area contributed by atoms with E-state index in [9.17, 15) is 4.79 Å². The monoisotopic (exact) mass is 225 g/mol. The average Bonchev–Trinajstić information content (AvgIpc) is 2.85. The van der Waals surface area contributed by atoms with Gasteiger partial charge in [-0.25, -0.2) is 0 Å². The van der Waals surface area contributed by atoms with Crippen LogP contribution >= 0.6 is 0 Å². The molecule has 3 rings (SSSR count). The minimum atomic E-state index is -0.0626. The van der Waals surface area contributed by atoms with Gasteiger partial charge in [0.1, 0.15) is 0 Å². The Morgan fingerprint density at radius 2 is 2.12 bits per heavy atom. The van der Waals surface area contributed by atoms with Gasteiger partial charge in [0.2, 0.25) is 0 Å². The molecule has 0 saturated heterocycles. The minimum absolute atomic E-state index is 0.0626. The standard InChI is InChI=1S/C13H11N3O/c1-16-9(6-7-14-16)8-11-10-4-2-3-5-12(10)15-13(11)17/h2-8H,1H3,(H,15,17)/b11-8-. The molecule has 0 radical (unpaired) electrons. The van der Waals surface area contributed by atoms with Crippen molar-refractivity contribution < 1.29 is 4.79 Å². The van der Waals surface area contributed by atoms with Gasteiger partial charge in [-0.2, -0.15) is 5.10 Å². The highest BCUT2D eigenvalue weighted by atomic mass is 16.2. The predicted octanol–water partition coefficient (Wildman–Crippen LogP) is 1.91. The molecule has 0 atom stereocenters. The molecule has 4 heteroatoms. The molecule has 0 fully saturated rings. The number of nitrogens with zero attached hydrogens (tertiary/aromatic N) is 2. The van der Waals surface area contributed by atoms with E-state index in [1.54, 1.807) is 10.9 Å². The van der Waals surface area contributed by atoms with Gasteiger partial charge in [0.15, 0.2) is 0 Å². The van der Waals surface area contributed by atoms with Gasteiger partial charge >= 0.3 is 0 Å². The highest BCUT2D eigenvalue weighted by molar-refractivity contribution is 6.34. The first-order valence-corrected chi connectivity index (χ1v) is 5.36. The summed E-state index contributed by atoms with van der Waals surface area (Å²) >= 11 is 0. The Kier molecular flexibility index (Phi) is 2.08. The average molecular weight is 225 g/mol. The van der Waals surface area contributed by atoms with E-state index in [0.29, 0.717) is 5.57 Å². The number of rotatable bonds is 1. The Morgan fingerprint density at radius 1 is 1.29 bits per heavy atom. The number of para-hydroxylation sites is 1. The lowest BCUT2D eigenvalue weighted by atomic mass is 10.1. The molecule has 1 amide bonds. The summed E-state index contributed by atoms with van der Waals surface area (Å²) < 4.78 is 1.74. The maximum Gasteiger partial charge on any atom is 0.256 e. The Balaban J connectivity index is 2.13. The zero-order valence-electron chi connectivity index (χ0n) is 9.34. The first-order chi connectivity index (χ1) is 8.25. The highest BCUT2D eigenvalue weighted by Gasteiger charge is 2.23. The molecule has 0 unspecified atom stereocenters. The third-order valence-corrected chi connectivity index (χ3v) is 2.86. The van der Waals surface area contributed by atoms with Gasteiger partial charge < -0.3 is 5.32 Å². The van der Waals surface area contributed by atoms with Crippen LogP contribution < -0.4 is 5.32 Å². The molecule has 1 aliphatic heterocycles. The fourth-order valence-electron chi connectivity index (χ4n) is 1.96. The second kappa shape index (κ2) is 3.59. The third kappa shape index (κ3) is 1.54. The van der Waals surface area contributed by atoms with E-state index in [1.165, 1.54) is 0 Å². The number of nitrogens with one attached hydrogen (secondary N) is 1. The summed E-state index contributed by atoms with van der Waals surface area (Å²) in [4.78, 5) is 11.9. The van der Waals surface area contributed by atoms with Crippen molar-refractivity contribution in [1.82, 2.24) is 9.78 Å². The van der Waals surface area contributed by atoms with E-state index in [0.717, 1.165) is 16.9 Å². The largest absolute Gasteiger partial charge is 0.321 e. The lowest BCUT2D eigenvalue weighted by Gasteiger charge is -1.98. The van der Waals surface area contributed by atoms with Crippen LogP contribution in [0.1, 0.15) is 11.3 Å². The minimum Gasteiger partial charge on any atom is -0.321 e. The molecular weight excluding hydrogens is 214 g/mol. The Bertz CT molecular complexity index is 625. The van der Waals surface area contributed by atoms with Gasteiger partial charge in [-0.05, 0) is 18.2 Å². The van der Waals surface area contributed by atoms with Gasteiger partial charge in [0.25, 0.3) is 5.91 Å². The summed E-state index contributed by atoms with van der Waals surface area (Å²) in [5.41, 5.74) is 3.40. The van der Waals surface area contributed by atoms with Crippen LogP contribution in [0.3, 0.4) is 0 Å². The molecule has 1 aromatic heterocycles. The number of benzene rings is 1. The van der Waals surface area contributed by atoms with Crippen LogP contribution in [0.25, 0.3) is 11.6 Å². The number of hydrogen-bond donors (Lipinski definition) is 1. The molecule has 4 nitrogen and oxygen atoms in total. The molecule has 84 valence electrons.